The number of hydrogen-bond acceptors (Lipinski definition) is 7. The molecule has 156 valence electrons. The highest BCUT2D eigenvalue weighted by Gasteiger charge is 2.57. The van der Waals surface area contributed by atoms with Crippen LogP contribution in [0.15, 0.2) is 24.5 Å². The Bertz CT molecular complexity index is 1110. The van der Waals surface area contributed by atoms with Gasteiger partial charge in [-0.05, 0) is 38.2 Å². The van der Waals surface area contributed by atoms with Crippen LogP contribution in [0.4, 0.5) is 16.4 Å². The average molecular weight is 409 g/mol. The summed E-state index contributed by atoms with van der Waals surface area (Å²) in [6, 6.07) is 3.85. The first-order valence-corrected chi connectivity index (χ1v) is 10.3. The zero-order valence-electron chi connectivity index (χ0n) is 16.6. The summed E-state index contributed by atoms with van der Waals surface area (Å²) in [5, 5.41) is 18.0. The van der Waals surface area contributed by atoms with Gasteiger partial charge in [-0.2, -0.15) is 10.2 Å². The van der Waals surface area contributed by atoms with E-state index < -0.39 is 0 Å². The normalized spacial score (nSPS) is 29.3. The van der Waals surface area contributed by atoms with Crippen LogP contribution in [0.2, 0.25) is 0 Å². The van der Waals surface area contributed by atoms with Crippen molar-refractivity contribution in [3.63, 3.8) is 0 Å². The van der Waals surface area contributed by atoms with Gasteiger partial charge >= 0.3 is 6.09 Å². The number of aryl methyl sites for hydroxylation is 1. The predicted octanol–water partition coefficient (Wildman–Crippen LogP) is 2.61. The van der Waals surface area contributed by atoms with E-state index in [1.54, 1.807) is 16.9 Å². The molecule has 0 spiro atoms. The van der Waals surface area contributed by atoms with Crippen molar-refractivity contribution in [3.8, 4) is 0 Å². The highest BCUT2D eigenvalue weighted by molar-refractivity contribution is 5.72. The Balaban J connectivity index is 1.08. The van der Waals surface area contributed by atoms with Gasteiger partial charge in [0.1, 0.15) is 17.7 Å². The van der Waals surface area contributed by atoms with Crippen molar-refractivity contribution >= 4 is 23.2 Å². The van der Waals surface area contributed by atoms with Crippen molar-refractivity contribution in [2.24, 2.45) is 5.92 Å². The Morgan fingerprint density at radius 2 is 2.23 bits per heavy atom. The van der Waals surface area contributed by atoms with E-state index in [-0.39, 0.29) is 23.8 Å². The summed E-state index contributed by atoms with van der Waals surface area (Å²) in [5.74, 6) is 2.13. The molecule has 2 bridgehead atoms. The molecule has 30 heavy (non-hydrogen) atoms. The number of nitrogens with zero attached hydrogens (tertiary/aromatic N) is 4. The summed E-state index contributed by atoms with van der Waals surface area (Å²) in [5.41, 5.74) is 2.65. The number of nitrogens with one attached hydrogen (secondary N) is 3. The van der Waals surface area contributed by atoms with Crippen LogP contribution < -0.4 is 10.6 Å². The Hall–Kier alpha value is -3.14. The van der Waals surface area contributed by atoms with Crippen molar-refractivity contribution in [2.75, 3.05) is 11.9 Å². The van der Waals surface area contributed by atoms with E-state index in [2.05, 4.69) is 30.9 Å². The second-order valence-electron chi connectivity index (χ2n) is 8.69. The molecule has 1 saturated heterocycles. The molecule has 2 atom stereocenters. The third kappa shape index (κ3) is 2.98. The lowest BCUT2D eigenvalue weighted by Crippen LogP contribution is -2.68. The van der Waals surface area contributed by atoms with Crippen LogP contribution in [0.1, 0.15) is 43.2 Å². The van der Waals surface area contributed by atoms with Gasteiger partial charge in [-0.1, -0.05) is 0 Å². The number of carbonyl (C=O) groups excluding carboxylic acids is 1. The van der Waals surface area contributed by atoms with Crippen molar-refractivity contribution in [3.05, 3.63) is 35.9 Å². The lowest BCUT2D eigenvalue weighted by molar-refractivity contribution is -0.0510. The van der Waals surface area contributed by atoms with Gasteiger partial charge in [0, 0.05) is 30.4 Å². The Kier molecular flexibility index (Phi) is 3.79. The number of amides is 1. The zero-order valence-corrected chi connectivity index (χ0v) is 16.6. The molecular weight excluding hydrogens is 386 g/mol. The first kappa shape index (κ1) is 17.7. The summed E-state index contributed by atoms with van der Waals surface area (Å²) in [6.07, 6.45) is 6.60. The van der Waals surface area contributed by atoms with Crippen LogP contribution in [-0.2, 0) is 9.47 Å². The smallest absolute Gasteiger partial charge is 0.407 e. The maximum atomic E-state index is 12.2. The van der Waals surface area contributed by atoms with E-state index in [0.29, 0.717) is 24.7 Å². The minimum atomic E-state index is -0.329. The minimum absolute atomic E-state index is 0.0233. The fourth-order valence-corrected chi connectivity index (χ4v) is 4.75. The number of aromatic amines is 1. The molecule has 10 heteroatoms. The third-order valence-corrected chi connectivity index (χ3v) is 6.34. The van der Waals surface area contributed by atoms with Crippen LogP contribution in [0, 0.1) is 12.8 Å². The first-order valence-electron chi connectivity index (χ1n) is 10.3. The second-order valence-corrected chi connectivity index (χ2v) is 8.69. The van der Waals surface area contributed by atoms with E-state index in [1.165, 1.54) is 0 Å². The number of ether oxygens (including phenoxy) is 2. The fourth-order valence-electron chi connectivity index (χ4n) is 4.75. The van der Waals surface area contributed by atoms with E-state index in [9.17, 15) is 4.79 Å². The van der Waals surface area contributed by atoms with Gasteiger partial charge in [0.15, 0.2) is 11.6 Å². The van der Waals surface area contributed by atoms with Gasteiger partial charge in [-0.15, -0.1) is 0 Å². The van der Waals surface area contributed by atoms with Gasteiger partial charge in [-0.25, -0.2) is 14.3 Å². The number of fused-ring (bicyclic) bond motifs is 1. The molecule has 2 unspecified atom stereocenters. The topological polar surface area (TPSA) is 118 Å². The highest BCUT2D eigenvalue weighted by Crippen LogP contribution is 2.56. The largest absolute Gasteiger partial charge is 0.444 e. The Morgan fingerprint density at radius 3 is 3.03 bits per heavy atom. The molecule has 4 aliphatic rings. The molecule has 3 aliphatic carbocycles. The second kappa shape index (κ2) is 6.43. The molecule has 1 aliphatic heterocycles. The molecule has 1 amide bonds. The van der Waals surface area contributed by atoms with Gasteiger partial charge in [0.25, 0.3) is 0 Å². The maximum Gasteiger partial charge on any atom is 0.407 e. The molecule has 3 N–H and O–H groups in total. The first-order chi connectivity index (χ1) is 14.6. The van der Waals surface area contributed by atoms with Gasteiger partial charge in [0.05, 0.1) is 18.0 Å². The average Bonchev–Trinajstić information content (AvgIpc) is 3.36. The lowest BCUT2D eigenvalue weighted by atomic mass is 9.50. The minimum Gasteiger partial charge on any atom is -0.444 e. The number of carbonyl (C=O) groups is 1. The molecule has 7 rings (SSSR count). The number of rotatable bonds is 5. The van der Waals surface area contributed by atoms with E-state index in [1.807, 2.05) is 19.1 Å². The number of aromatic nitrogens is 5. The molecule has 0 radical (unpaired) electrons. The fraction of sp³-hybridized carbons (Fsp3) is 0.500. The summed E-state index contributed by atoms with van der Waals surface area (Å²) in [7, 11) is 0. The SMILES string of the molecule is Cc1cc2c(Nc3cc(C4CC(OC(=O)NC56CC(C5)C6)CO4)[nH]n3)nccn2n1. The van der Waals surface area contributed by atoms with Gasteiger partial charge < -0.3 is 20.1 Å². The van der Waals surface area contributed by atoms with Crippen molar-refractivity contribution in [1.82, 2.24) is 30.1 Å². The van der Waals surface area contributed by atoms with Crippen LogP contribution in [0.25, 0.3) is 5.52 Å². The van der Waals surface area contributed by atoms with Crippen molar-refractivity contribution < 1.29 is 14.3 Å². The maximum absolute atomic E-state index is 12.2. The van der Waals surface area contributed by atoms with Gasteiger partial charge in [-0.3, -0.25) is 5.10 Å². The zero-order chi connectivity index (χ0) is 20.3. The summed E-state index contributed by atoms with van der Waals surface area (Å²) in [4.78, 5) is 16.5. The van der Waals surface area contributed by atoms with Crippen molar-refractivity contribution in [2.45, 2.75) is 50.4 Å². The quantitative estimate of drug-likeness (QED) is 0.593. The van der Waals surface area contributed by atoms with Crippen LogP contribution in [-0.4, -0.2) is 49.1 Å². The number of H-pyrrole nitrogens is 1. The standard InChI is InChI=1S/C20H23N7O3/c1-11-4-15-18(21-2-3-27(15)26-11)22-17-6-14(24-25-17)16-5-13(10-29-16)30-19(28)23-20-7-12(8-20)9-20/h2-4,6,12-13,16H,5,7-10H2,1H3,(H,23,28)(H2,21,22,24,25). The summed E-state index contributed by atoms with van der Waals surface area (Å²) >= 11 is 0. The van der Waals surface area contributed by atoms with Crippen LogP contribution >= 0.6 is 0 Å². The molecule has 4 heterocycles. The molecule has 3 saturated carbocycles. The monoisotopic (exact) mass is 409 g/mol. The van der Waals surface area contributed by atoms with Crippen molar-refractivity contribution in [1.29, 1.82) is 0 Å². The molecular formula is C20H23N7O3. The Morgan fingerprint density at radius 1 is 1.37 bits per heavy atom. The molecule has 0 aromatic carbocycles. The van der Waals surface area contributed by atoms with E-state index in [4.69, 9.17) is 9.47 Å². The molecule has 10 nitrogen and oxygen atoms in total. The van der Waals surface area contributed by atoms with Gasteiger partial charge in [0.2, 0.25) is 0 Å². The van der Waals surface area contributed by atoms with Crippen LogP contribution in [0.5, 0.6) is 0 Å². The number of anilines is 2. The van der Waals surface area contributed by atoms with E-state index >= 15 is 0 Å². The molecule has 4 fully saturated rings. The molecule has 3 aromatic rings. The summed E-state index contributed by atoms with van der Waals surface area (Å²) < 4.78 is 13.2. The number of alkyl carbamates (subject to hydrolysis) is 1. The summed E-state index contributed by atoms with van der Waals surface area (Å²) in [6.45, 7) is 2.32. The lowest BCUT2D eigenvalue weighted by Gasteiger charge is -2.61. The third-order valence-electron chi connectivity index (χ3n) is 6.34. The highest BCUT2D eigenvalue weighted by atomic mass is 16.6. The molecule has 3 aromatic heterocycles. The van der Waals surface area contributed by atoms with Crippen LogP contribution in [0.3, 0.4) is 0 Å². The Labute approximate surface area is 172 Å². The number of hydrogen-bond donors (Lipinski definition) is 3. The predicted molar refractivity (Wildman–Crippen MR) is 106 cm³/mol. The van der Waals surface area contributed by atoms with E-state index in [0.717, 1.165) is 42.1 Å².